The van der Waals surface area contributed by atoms with Crippen molar-refractivity contribution in [1.29, 1.82) is 0 Å². The molecule has 1 rings (SSSR count). The molecule has 0 aliphatic heterocycles. The lowest BCUT2D eigenvalue weighted by atomic mass is 10.3. The summed E-state index contributed by atoms with van der Waals surface area (Å²) in [5, 5.41) is 6.39. The Morgan fingerprint density at radius 3 is 2.70 bits per heavy atom. The molecular formula is C12H20BrN3O2S2. The molecule has 0 amide bonds. The van der Waals surface area contributed by atoms with Gasteiger partial charge in [-0.15, -0.1) is 11.3 Å². The van der Waals surface area contributed by atoms with E-state index in [1.54, 1.807) is 18.4 Å². The van der Waals surface area contributed by atoms with E-state index < -0.39 is 9.84 Å². The van der Waals surface area contributed by atoms with Gasteiger partial charge in [0.05, 0.1) is 16.1 Å². The number of hydrogen-bond donors (Lipinski definition) is 2. The highest BCUT2D eigenvalue weighted by Gasteiger charge is 2.09. The Morgan fingerprint density at radius 1 is 1.50 bits per heavy atom. The quantitative estimate of drug-likeness (QED) is 0.583. The van der Waals surface area contributed by atoms with Crippen molar-refractivity contribution in [1.82, 2.24) is 10.6 Å². The summed E-state index contributed by atoms with van der Waals surface area (Å²) in [7, 11) is -1.22. The van der Waals surface area contributed by atoms with Gasteiger partial charge in [-0.3, -0.25) is 4.99 Å². The van der Waals surface area contributed by atoms with Crippen LogP contribution in [0.4, 0.5) is 0 Å². The molecule has 0 spiro atoms. The van der Waals surface area contributed by atoms with Gasteiger partial charge in [0.15, 0.2) is 5.96 Å². The Kier molecular flexibility index (Phi) is 6.97. The van der Waals surface area contributed by atoms with Gasteiger partial charge in [-0.1, -0.05) is 0 Å². The molecular weight excluding hydrogens is 362 g/mol. The first kappa shape index (κ1) is 17.5. The summed E-state index contributed by atoms with van der Waals surface area (Å²) in [5.74, 6) is 0.853. The van der Waals surface area contributed by atoms with Crippen LogP contribution in [0.25, 0.3) is 0 Å². The maximum absolute atomic E-state index is 11.1. The molecule has 1 unspecified atom stereocenters. The molecule has 1 heterocycles. The van der Waals surface area contributed by atoms with Crippen molar-refractivity contribution in [2.24, 2.45) is 4.99 Å². The van der Waals surface area contributed by atoms with E-state index in [-0.39, 0.29) is 11.8 Å². The molecule has 0 saturated carbocycles. The molecule has 0 radical (unpaired) electrons. The second kappa shape index (κ2) is 7.99. The van der Waals surface area contributed by atoms with E-state index in [1.165, 1.54) is 11.1 Å². The van der Waals surface area contributed by atoms with Crippen molar-refractivity contribution in [2.75, 3.05) is 19.1 Å². The van der Waals surface area contributed by atoms with E-state index in [9.17, 15) is 8.42 Å². The van der Waals surface area contributed by atoms with Crippen molar-refractivity contribution >= 4 is 43.1 Å². The molecule has 0 aromatic carbocycles. The fraction of sp³-hybridized carbons (Fsp3) is 0.583. The van der Waals surface area contributed by atoms with Crippen molar-refractivity contribution in [3.05, 3.63) is 20.8 Å². The number of guanidine groups is 1. The highest BCUT2D eigenvalue weighted by molar-refractivity contribution is 9.11. The predicted molar refractivity (Wildman–Crippen MR) is 89.1 cm³/mol. The Hall–Kier alpha value is -0.600. The van der Waals surface area contributed by atoms with E-state index in [1.807, 2.05) is 19.1 Å². The summed E-state index contributed by atoms with van der Waals surface area (Å²) in [6.45, 7) is 2.63. The lowest BCUT2D eigenvalue weighted by Gasteiger charge is -2.17. The average Bonchev–Trinajstić information content (AvgIpc) is 2.77. The molecule has 0 aliphatic carbocycles. The first-order valence-corrected chi connectivity index (χ1v) is 9.86. The summed E-state index contributed by atoms with van der Waals surface area (Å²) < 4.78 is 23.4. The van der Waals surface area contributed by atoms with Crippen LogP contribution in [0.3, 0.4) is 0 Å². The Balaban J connectivity index is 2.39. The third kappa shape index (κ3) is 7.25. The molecule has 2 N–H and O–H groups in total. The Morgan fingerprint density at radius 2 is 2.20 bits per heavy atom. The molecule has 1 atom stereocenters. The topological polar surface area (TPSA) is 70.6 Å². The highest BCUT2D eigenvalue weighted by atomic mass is 79.9. The zero-order chi connectivity index (χ0) is 15.2. The third-order valence-electron chi connectivity index (χ3n) is 2.59. The highest BCUT2D eigenvalue weighted by Crippen LogP contribution is 2.21. The largest absolute Gasteiger partial charge is 0.354 e. The van der Waals surface area contributed by atoms with Gasteiger partial charge < -0.3 is 10.6 Å². The minimum Gasteiger partial charge on any atom is -0.354 e. The molecule has 114 valence electrons. The predicted octanol–water partition coefficient (Wildman–Crippen LogP) is 2.00. The van der Waals surface area contributed by atoms with Crippen LogP contribution < -0.4 is 10.6 Å². The van der Waals surface area contributed by atoms with E-state index in [2.05, 4.69) is 31.6 Å². The number of nitrogens with zero attached hydrogens (tertiary/aromatic N) is 1. The number of halogens is 1. The second-order valence-electron chi connectivity index (χ2n) is 4.60. The van der Waals surface area contributed by atoms with Gasteiger partial charge in [-0.05, 0) is 41.4 Å². The van der Waals surface area contributed by atoms with Crippen LogP contribution in [-0.4, -0.2) is 39.5 Å². The van der Waals surface area contributed by atoms with Crippen LogP contribution in [0.5, 0.6) is 0 Å². The monoisotopic (exact) mass is 381 g/mol. The fourth-order valence-corrected chi connectivity index (χ4v) is 3.71. The van der Waals surface area contributed by atoms with E-state index >= 15 is 0 Å². The van der Waals surface area contributed by atoms with Gasteiger partial charge in [0.25, 0.3) is 0 Å². The first-order valence-electron chi connectivity index (χ1n) is 6.19. The summed E-state index contributed by atoms with van der Waals surface area (Å²) in [4.78, 5) is 5.33. The lowest BCUT2D eigenvalue weighted by molar-refractivity contribution is 0.581. The van der Waals surface area contributed by atoms with Crippen molar-refractivity contribution in [2.45, 2.75) is 25.9 Å². The number of nitrogens with one attached hydrogen (secondary N) is 2. The molecule has 0 bridgehead atoms. The van der Waals surface area contributed by atoms with Gasteiger partial charge in [0.1, 0.15) is 9.84 Å². The van der Waals surface area contributed by atoms with E-state index in [4.69, 9.17) is 0 Å². The minimum atomic E-state index is -2.92. The van der Waals surface area contributed by atoms with Crippen LogP contribution >= 0.6 is 27.3 Å². The molecule has 5 nitrogen and oxygen atoms in total. The smallest absolute Gasteiger partial charge is 0.191 e. The number of rotatable bonds is 6. The van der Waals surface area contributed by atoms with Gasteiger partial charge >= 0.3 is 0 Å². The summed E-state index contributed by atoms with van der Waals surface area (Å²) in [6, 6.07) is 4.10. The van der Waals surface area contributed by atoms with Crippen LogP contribution in [0, 0.1) is 0 Å². The summed E-state index contributed by atoms with van der Waals surface area (Å²) in [6.07, 6.45) is 1.81. The van der Waals surface area contributed by atoms with E-state index in [0.717, 1.165) is 3.79 Å². The lowest BCUT2D eigenvalue weighted by Crippen LogP contribution is -2.42. The minimum absolute atomic E-state index is 0.0472. The van der Waals surface area contributed by atoms with Crippen molar-refractivity contribution in [3.63, 3.8) is 0 Å². The molecule has 20 heavy (non-hydrogen) atoms. The van der Waals surface area contributed by atoms with Gasteiger partial charge in [-0.25, -0.2) is 8.42 Å². The molecule has 1 aromatic rings. The van der Waals surface area contributed by atoms with Crippen LogP contribution in [0.15, 0.2) is 20.9 Å². The normalized spacial score (nSPS) is 14.1. The maximum atomic E-state index is 11.1. The van der Waals surface area contributed by atoms with Crippen molar-refractivity contribution in [3.8, 4) is 0 Å². The third-order valence-corrected chi connectivity index (χ3v) is 5.19. The standard InChI is InChI=1S/C12H20BrN3O2S2/c1-9(6-7-20(3,17)18)16-12(14-2)15-8-10-4-5-11(13)19-10/h4-5,9H,6-8H2,1-3H3,(H2,14,15,16). The average molecular weight is 382 g/mol. The number of hydrogen-bond acceptors (Lipinski definition) is 4. The molecule has 0 saturated heterocycles. The van der Waals surface area contributed by atoms with E-state index in [0.29, 0.717) is 18.9 Å². The Labute approximate surface area is 132 Å². The number of sulfone groups is 1. The van der Waals surface area contributed by atoms with Gasteiger partial charge in [-0.2, -0.15) is 0 Å². The molecule has 0 fully saturated rings. The van der Waals surface area contributed by atoms with Gasteiger partial charge in [0, 0.05) is 24.2 Å². The zero-order valence-corrected chi connectivity index (χ0v) is 15.0. The maximum Gasteiger partial charge on any atom is 0.191 e. The SMILES string of the molecule is CN=C(NCc1ccc(Br)s1)NC(C)CCS(C)(=O)=O. The number of thiophene rings is 1. The number of aliphatic imine (C=N–C) groups is 1. The molecule has 8 heteroatoms. The zero-order valence-electron chi connectivity index (χ0n) is 11.8. The Bertz CT molecular complexity index is 555. The van der Waals surface area contributed by atoms with Gasteiger partial charge in [0.2, 0.25) is 0 Å². The second-order valence-corrected chi connectivity index (χ2v) is 9.40. The summed E-state index contributed by atoms with van der Waals surface area (Å²) >= 11 is 5.09. The fourth-order valence-electron chi connectivity index (χ4n) is 1.51. The summed E-state index contributed by atoms with van der Waals surface area (Å²) in [5.41, 5.74) is 0. The van der Waals surface area contributed by atoms with Crippen LogP contribution in [0.1, 0.15) is 18.2 Å². The van der Waals surface area contributed by atoms with Crippen LogP contribution in [-0.2, 0) is 16.4 Å². The van der Waals surface area contributed by atoms with Crippen LogP contribution in [0.2, 0.25) is 0 Å². The van der Waals surface area contributed by atoms with Crippen molar-refractivity contribution < 1.29 is 8.42 Å². The molecule has 0 aliphatic rings. The molecule has 1 aromatic heterocycles. The first-order chi connectivity index (χ1) is 9.30.